The van der Waals surface area contributed by atoms with Gasteiger partial charge in [-0.25, -0.2) is 0 Å². The van der Waals surface area contributed by atoms with Crippen molar-refractivity contribution in [3.05, 3.63) is 22.4 Å². The maximum atomic E-state index is 12.2. The fourth-order valence-electron chi connectivity index (χ4n) is 2.30. The number of carbonyl (C=O) groups is 2. The number of thiophene rings is 1. The molecular formula is C13H18N2O2S. The lowest BCUT2D eigenvalue weighted by molar-refractivity contribution is -0.151. The first-order chi connectivity index (χ1) is 8.50. The molecular weight excluding hydrogens is 248 g/mol. The first-order valence-electron chi connectivity index (χ1n) is 6.14. The monoisotopic (exact) mass is 266 g/mol. The first kappa shape index (κ1) is 13.1. The molecule has 1 aromatic rings. The van der Waals surface area contributed by atoms with Crippen LogP contribution in [0.2, 0.25) is 0 Å². The molecule has 0 radical (unpaired) electrons. The van der Waals surface area contributed by atoms with Crippen LogP contribution in [0.5, 0.6) is 0 Å². The van der Waals surface area contributed by atoms with Crippen molar-refractivity contribution in [1.29, 1.82) is 0 Å². The number of hydrogen-bond acceptors (Lipinski definition) is 3. The van der Waals surface area contributed by atoms with Gasteiger partial charge < -0.3 is 10.2 Å². The van der Waals surface area contributed by atoms with E-state index in [2.05, 4.69) is 5.32 Å². The average molecular weight is 266 g/mol. The van der Waals surface area contributed by atoms with Crippen molar-refractivity contribution in [3.63, 3.8) is 0 Å². The number of rotatable bonds is 3. The zero-order valence-corrected chi connectivity index (χ0v) is 11.7. The van der Waals surface area contributed by atoms with E-state index in [1.807, 2.05) is 31.4 Å². The number of amides is 2. The Morgan fingerprint density at radius 1 is 1.44 bits per heavy atom. The SMILES string of the molecule is CC1NC(=O)C(C(C)C)N(Cc2cccs2)C1=O. The Balaban J connectivity index is 2.25. The van der Waals surface area contributed by atoms with Crippen molar-refractivity contribution in [2.45, 2.75) is 39.4 Å². The molecule has 0 saturated carbocycles. The summed E-state index contributed by atoms with van der Waals surface area (Å²) in [7, 11) is 0. The van der Waals surface area contributed by atoms with Crippen LogP contribution in [-0.4, -0.2) is 28.8 Å². The number of nitrogens with zero attached hydrogens (tertiary/aromatic N) is 1. The van der Waals surface area contributed by atoms with Crippen LogP contribution in [0.3, 0.4) is 0 Å². The summed E-state index contributed by atoms with van der Waals surface area (Å²) < 4.78 is 0. The molecule has 4 nitrogen and oxygen atoms in total. The van der Waals surface area contributed by atoms with Gasteiger partial charge in [0.25, 0.3) is 0 Å². The summed E-state index contributed by atoms with van der Waals surface area (Å²) in [5.41, 5.74) is 0. The molecule has 0 aromatic carbocycles. The number of piperazine rings is 1. The Hall–Kier alpha value is -1.36. The average Bonchev–Trinajstić information content (AvgIpc) is 2.77. The highest BCUT2D eigenvalue weighted by atomic mass is 32.1. The quantitative estimate of drug-likeness (QED) is 0.904. The first-order valence-corrected chi connectivity index (χ1v) is 7.02. The molecule has 1 fully saturated rings. The predicted molar refractivity (Wildman–Crippen MR) is 71.1 cm³/mol. The Morgan fingerprint density at radius 2 is 2.17 bits per heavy atom. The van der Waals surface area contributed by atoms with Crippen LogP contribution in [0.4, 0.5) is 0 Å². The molecule has 1 N–H and O–H groups in total. The molecule has 2 unspecified atom stereocenters. The van der Waals surface area contributed by atoms with Crippen molar-refractivity contribution in [1.82, 2.24) is 10.2 Å². The molecule has 2 amide bonds. The molecule has 0 bridgehead atoms. The summed E-state index contributed by atoms with van der Waals surface area (Å²) >= 11 is 1.61. The summed E-state index contributed by atoms with van der Waals surface area (Å²) in [6.45, 7) is 6.19. The van der Waals surface area contributed by atoms with Gasteiger partial charge in [0.2, 0.25) is 11.8 Å². The summed E-state index contributed by atoms with van der Waals surface area (Å²) in [6.07, 6.45) is 0. The lowest BCUT2D eigenvalue weighted by Crippen LogP contribution is -2.63. The molecule has 1 aromatic heterocycles. The van der Waals surface area contributed by atoms with Crippen molar-refractivity contribution in [2.75, 3.05) is 0 Å². The van der Waals surface area contributed by atoms with Gasteiger partial charge >= 0.3 is 0 Å². The molecule has 5 heteroatoms. The van der Waals surface area contributed by atoms with Crippen LogP contribution < -0.4 is 5.32 Å². The minimum atomic E-state index is -0.424. The van der Waals surface area contributed by atoms with E-state index in [1.165, 1.54) is 0 Å². The van der Waals surface area contributed by atoms with Gasteiger partial charge in [-0.2, -0.15) is 0 Å². The Kier molecular flexibility index (Phi) is 3.71. The van der Waals surface area contributed by atoms with Crippen molar-refractivity contribution in [3.8, 4) is 0 Å². The van der Waals surface area contributed by atoms with Gasteiger partial charge in [-0.1, -0.05) is 19.9 Å². The van der Waals surface area contributed by atoms with E-state index >= 15 is 0 Å². The second-order valence-corrected chi connectivity index (χ2v) is 6.00. The summed E-state index contributed by atoms with van der Waals surface area (Å²) in [6, 6.07) is 3.16. The van der Waals surface area contributed by atoms with Crippen LogP contribution in [0.1, 0.15) is 25.6 Å². The van der Waals surface area contributed by atoms with Gasteiger partial charge in [0.05, 0.1) is 6.54 Å². The van der Waals surface area contributed by atoms with Crippen LogP contribution in [0.15, 0.2) is 17.5 Å². The van der Waals surface area contributed by atoms with E-state index in [4.69, 9.17) is 0 Å². The molecule has 1 saturated heterocycles. The van der Waals surface area contributed by atoms with Gasteiger partial charge in [-0.05, 0) is 24.3 Å². The van der Waals surface area contributed by atoms with Gasteiger partial charge in [0, 0.05) is 4.88 Å². The predicted octanol–water partition coefficient (Wildman–Crippen LogP) is 1.62. The molecule has 2 atom stereocenters. The Morgan fingerprint density at radius 3 is 2.72 bits per heavy atom. The minimum absolute atomic E-state index is 0.00157. The van der Waals surface area contributed by atoms with Gasteiger partial charge in [0.15, 0.2) is 0 Å². The normalized spacial score (nSPS) is 24.6. The van der Waals surface area contributed by atoms with E-state index in [0.717, 1.165) is 4.88 Å². The summed E-state index contributed by atoms with van der Waals surface area (Å²) in [5.74, 6) is 0.0665. The lowest BCUT2D eigenvalue weighted by Gasteiger charge is -2.39. The topological polar surface area (TPSA) is 49.4 Å². The van der Waals surface area contributed by atoms with Crippen molar-refractivity contribution < 1.29 is 9.59 Å². The lowest BCUT2D eigenvalue weighted by atomic mass is 9.97. The zero-order valence-electron chi connectivity index (χ0n) is 10.8. The smallest absolute Gasteiger partial charge is 0.245 e. The largest absolute Gasteiger partial charge is 0.343 e. The number of hydrogen-bond donors (Lipinski definition) is 1. The molecule has 0 aliphatic carbocycles. The molecule has 2 rings (SSSR count). The molecule has 2 heterocycles. The second kappa shape index (κ2) is 5.10. The van der Waals surface area contributed by atoms with Crippen LogP contribution >= 0.6 is 11.3 Å². The zero-order chi connectivity index (χ0) is 13.3. The van der Waals surface area contributed by atoms with Crippen LogP contribution in [0.25, 0.3) is 0 Å². The van der Waals surface area contributed by atoms with Gasteiger partial charge in [-0.15, -0.1) is 11.3 Å². The number of carbonyl (C=O) groups excluding carboxylic acids is 2. The number of nitrogens with one attached hydrogen (secondary N) is 1. The third-order valence-corrected chi connectivity index (χ3v) is 4.02. The fourth-order valence-corrected chi connectivity index (χ4v) is 3.00. The second-order valence-electron chi connectivity index (χ2n) is 4.96. The van der Waals surface area contributed by atoms with Crippen LogP contribution in [-0.2, 0) is 16.1 Å². The van der Waals surface area contributed by atoms with E-state index in [1.54, 1.807) is 23.2 Å². The van der Waals surface area contributed by atoms with Gasteiger partial charge in [0.1, 0.15) is 12.1 Å². The molecule has 1 aliphatic rings. The Labute approximate surface area is 111 Å². The maximum absolute atomic E-state index is 12.2. The highest BCUT2D eigenvalue weighted by molar-refractivity contribution is 7.09. The van der Waals surface area contributed by atoms with Crippen molar-refractivity contribution >= 4 is 23.2 Å². The Bertz CT molecular complexity index is 442. The van der Waals surface area contributed by atoms with E-state index in [9.17, 15) is 9.59 Å². The van der Waals surface area contributed by atoms with E-state index in [0.29, 0.717) is 6.54 Å². The molecule has 0 spiro atoms. The highest BCUT2D eigenvalue weighted by Crippen LogP contribution is 2.22. The molecule has 98 valence electrons. The molecule has 18 heavy (non-hydrogen) atoms. The summed E-state index contributed by atoms with van der Waals surface area (Å²) in [5, 5.41) is 4.73. The highest BCUT2D eigenvalue weighted by Gasteiger charge is 2.40. The van der Waals surface area contributed by atoms with E-state index in [-0.39, 0.29) is 23.8 Å². The third-order valence-electron chi connectivity index (χ3n) is 3.15. The summed E-state index contributed by atoms with van der Waals surface area (Å²) in [4.78, 5) is 27.1. The van der Waals surface area contributed by atoms with Crippen LogP contribution in [0, 0.1) is 5.92 Å². The third kappa shape index (κ3) is 2.41. The van der Waals surface area contributed by atoms with Gasteiger partial charge in [-0.3, -0.25) is 9.59 Å². The maximum Gasteiger partial charge on any atom is 0.245 e. The van der Waals surface area contributed by atoms with Crippen molar-refractivity contribution in [2.24, 2.45) is 5.92 Å². The fraction of sp³-hybridized carbons (Fsp3) is 0.538. The molecule has 1 aliphatic heterocycles. The standard InChI is InChI=1S/C13H18N2O2S/c1-8(2)11-12(16)14-9(3)13(17)15(11)7-10-5-4-6-18-10/h4-6,8-9,11H,7H2,1-3H3,(H,14,16). The van der Waals surface area contributed by atoms with E-state index < -0.39 is 6.04 Å². The minimum Gasteiger partial charge on any atom is -0.343 e.